The maximum Gasteiger partial charge on any atom is 0.241 e. The molecule has 0 spiro atoms. The maximum absolute atomic E-state index is 14.0. The van der Waals surface area contributed by atoms with Gasteiger partial charge in [0.1, 0.15) is 11.6 Å². The summed E-state index contributed by atoms with van der Waals surface area (Å²) in [4.78, 5) is 24.7. The Balaban J connectivity index is 1.50. The standard InChI is InChI=1S/C31H26Cl2F2N4OS/c1-18-12-27-28(13-19(18)2)38(16-21-4-8-24(34)9-5-21)31(37-27)41-20(3)30(40)39(17-22-6-10-25(35)11-7-22)29-26(33)14-23(32)15-36-29/h4-15,20H,16-17H2,1-3H3. The first-order chi connectivity index (χ1) is 19.6. The Morgan fingerprint density at radius 3 is 2.20 bits per heavy atom. The number of amides is 1. The molecule has 10 heteroatoms. The number of thioether (sulfide) groups is 1. The highest BCUT2D eigenvalue weighted by Gasteiger charge is 2.28. The number of pyridine rings is 1. The summed E-state index contributed by atoms with van der Waals surface area (Å²) in [6.07, 6.45) is 1.43. The number of rotatable bonds is 8. The van der Waals surface area contributed by atoms with Gasteiger partial charge < -0.3 is 4.57 Å². The quantitative estimate of drug-likeness (QED) is 0.166. The van der Waals surface area contributed by atoms with Crippen LogP contribution < -0.4 is 4.90 Å². The van der Waals surface area contributed by atoms with Gasteiger partial charge in [-0.15, -0.1) is 0 Å². The van der Waals surface area contributed by atoms with Gasteiger partial charge in [-0.2, -0.15) is 0 Å². The molecule has 1 atom stereocenters. The van der Waals surface area contributed by atoms with Gasteiger partial charge in [0.2, 0.25) is 5.91 Å². The van der Waals surface area contributed by atoms with E-state index in [1.165, 1.54) is 53.2 Å². The minimum Gasteiger partial charge on any atom is -0.314 e. The molecule has 41 heavy (non-hydrogen) atoms. The van der Waals surface area contributed by atoms with Crippen molar-refractivity contribution >= 4 is 57.7 Å². The fourth-order valence-corrected chi connectivity index (χ4v) is 5.90. The fourth-order valence-electron chi connectivity index (χ4n) is 4.44. The molecule has 210 valence electrons. The lowest BCUT2D eigenvalue weighted by molar-refractivity contribution is -0.118. The van der Waals surface area contributed by atoms with Crippen LogP contribution in [0.3, 0.4) is 0 Å². The Hall–Kier alpha value is -3.46. The monoisotopic (exact) mass is 610 g/mol. The maximum atomic E-state index is 14.0. The van der Waals surface area contributed by atoms with E-state index < -0.39 is 5.25 Å². The van der Waals surface area contributed by atoms with Gasteiger partial charge in [0.25, 0.3) is 0 Å². The van der Waals surface area contributed by atoms with Crippen LogP contribution in [-0.2, 0) is 17.9 Å². The lowest BCUT2D eigenvalue weighted by Gasteiger charge is -2.26. The normalized spacial score (nSPS) is 12.1. The summed E-state index contributed by atoms with van der Waals surface area (Å²) in [5.41, 5.74) is 5.57. The van der Waals surface area contributed by atoms with Gasteiger partial charge in [-0.3, -0.25) is 9.69 Å². The third-order valence-corrected chi connectivity index (χ3v) is 8.34. The summed E-state index contributed by atoms with van der Waals surface area (Å²) < 4.78 is 29.2. The summed E-state index contributed by atoms with van der Waals surface area (Å²) in [6.45, 7) is 6.45. The number of aromatic nitrogens is 3. The number of fused-ring (bicyclic) bond motifs is 1. The van der Waals surface area contributed by atoms with Crippen molar-refractivity contribution in [3.05, 3.63) is 117 Å². The van der Waals surface area contributed by atoms with E-state index in [0.29, 0.717) is 22.3 Å². The molecule has 5 aromatic rings. The largest absolute Gasteiger partial charge is 0.314 e. The zero-order valence-corrected chi connectivity index (χ0v) is 24.9. The van der Waals surface area contributed by atoms with Crippen molar-refractivity contribution in [3.8, 4) is 0 Å². The molecular weight excluding hydrogens is 585 g/mol. The number of hydrogen-bond acceptors (Lipinski definition) is 4. The van der Waals surface area contributed by atoms with E-state index in [-0.39, 0.29) is 34.9 Å². The van der Waals surface area contributed by atoms with Gasteiger partial charge in [-0.1, -0.05) is 59.2 Å². The number of hydrogen-bond donors (Lipinski definition) is 0. The van der Waals surface area contributed by atoms with Crippen molar-refractivity contribution in [1.82, 2.24) is 14.5 Å². The van der Waals surface area contributed by atoms with Crippen LogP contribution in [0.4, 0.5) is 14.6 Å². The van der Waals surface area contributed by atoms with Crippen molar-refractivity contribution in [3.63, 3.8) is 0 Å². The number of aryl methyl sites for hydroxylation is 2. The zero-order valence-electron chi connectivity index (χ0n) is 22.5. The van der Waals surface area contributed by atoms with E-state index in [2.05, 4.69) is 11.1 Å². The molecule has 3 aromatic carbocycles. The van der Waals surface area contributed by atoms with Crippen molar-refractivity contribution in [2.45, 2.75) is 44.3 Å². The Morgan fingerprint density at radius 2 is 1.56 bits per heavy atom. The number of benzene rings is 3. The van der Waals surface area contributed by atoms with Crippen LogP contribution >= 0.6 is 35.0 Å². The smallest absolute Gasteiger partial charge is 0.241 e. The molecule has 0 bridgehead atoms. The van der Waals surface area contributed by atoms with E-state index in [1.54, 1.807) is 31.2 Å². The van der Waals surface area contributed by atoms with Crippen LogP contribution in [0.1, 0.15) is 29.2 Å². The SMILES string of the molecule is Cc1cc2nc(SC(C)C(=O)N(Cc3ccc(F)cc3)c3ncc(Cl)cc3Cl)n(Cc3ccc(F)cc3)c2cc1C. The molecule has 2 aromatic heterocycles. The predicted octanol–water partition coefficient (Wildman–Crippen LogP) is 8.40. The van der Waals surface area contributed by atoms with Crippen LogP contribution in [0.2, 0.25) is 10.0 Å². The van der Waals surface area contributed by atoms with E-state index in [4.69, 9.17) is 28.2 Å². The highest BCUT2D eigenvalue weighted by Crippen LogP contribution is 2.33. The molecule has 5 rings (SSSR count). The first-order valence-corrected chi connectivity index (χ1v) is 14.5. The highest BCUT2D eigenvalue weighted by atomic mass is 35.5. The van der Waals surface area contributed by atoms with Gasteiger partial charge in [-0.25, -0.2) is 18.7 Å². The molecule has 0 saturated heterocycles. The molecule has 1 unspecified atom stereocenters. The highest BCUT2D eigenvalue weighted by molar-refractivity contribution is 8.00. The number of anilines is 1. The first-order valence-electron chi connectivity index (χ1n) is 12.8. The molecule has 0 radical (unpaired) electrons. The average molecular weight is 612 g/mol. The van der Waals surface area contributed by atoms with E-state index in [0.717, 1.165) is 27.7 Å². The predicted molar refractivity (Wildman–Crippen MR) is 162 cm³/mol. The summed E-state index contributed by atoms with van der Waals surface area (Å²) in [7, 11) is 0. The van der Waals surface area contributed by atoms with Crippen molar-refractivity contribution in [2.24, 2.45) is 0 Å². The summed E-state index contributed by atoms with van der Waals surface area (Å²) in [6, 6.07) is 17.9. The third-order valence-electron chi connectivity index (χ3n) is 6.78. The van der Waals surface area contributed by atoms with E-state index in [1.807, 2.05) is 24.5 Å². The Morgan fingerprint density at radius 1 is 0.951 bits per heavy atom. The fraction of sp³-hybridized carbons (Fsp3) is 0.194. The number of nitrogens with zero attached hydrogens (tertiary/aromatic N) is 4. The number of imidazole rings is 1. The van der Waals surface area contributed by atoms with Crippen LogP contribution in [0.25, 0.3) is 11.0 Å². The lowest BCUT2D eigenvalue weighted by Crippen LogP contribution is -2.37. The molecule has 0 aliphatic heterocycles. The lowest BCUT2D eigenvalue weighted by atomic mass is 10.1. The molecule has 5 nitrogen and oxygen atoms in total. The minimum absolute atomic E-state index is 0.128. The van der Waals surface area contributed by atoms with Gasteiger partial charge in [0, 0.05) is 6.20 Å². The van der Waals surface area contributed by atoms with E-state index >= 15 is 0 Å². The van der Waals surface area contributed by atoms with Crippen LogP contribution in [-0.4, -0.2) is 25.7 Å². The molecule has 0 saturated carbocycles. The van der Waals surface area contributed by atoms with Gasteiger partial charge in [0.05, 0.1) is 39.4 Å². The number of carbonyl (C=O) groups is 1. The van der Waals surface area contributed by atoms with E-state index in [9.17, 15) is 13.6 Å². The Bertz CT molecular complexity index is 1730. The van der Waals surface area contributed by atoms with Crippen LogP contribution in [0.15, 0.2) is 78.1 Å². The Kier molecular flexibility index (Phi) is 8.63. The molecule has 0 N–H and O–H groups in total. The number of carbonyl (C=O) groups excluding carboxylic acids is 1. The zero-order chi connectivity index (χ0) is 29.3. The summed E-state index contributed by atoms with van der Waals surface area (Å²) in [5, 5.41) is 0.608. The van der Waals surface area contributed by atoms with Gasteiger partial charge >= 0.3 is 0 Å². The van der Waals surface area contributed by atoms with Crippen LogP contribution in [0.5, 0.6) is 0 Å². The molecular formula is C31H26Cl2F2N4OS. The second kappa shape index (κ2) is 12.2. The summed E-state index contributed by atoms with van der Waals surface area (Å²) >= 11 is 13.9. The second-order valence-electron chi connectivity index (χ2n) is 9.80. The molecule has 1 amide bonds. The molecule has 0 aliphatic carbocycles. The van der Waals surface area contributed by atoms with Crippen molar-refractivity contribution < 1.29 is 13.6 Å². The molecule has 0 aliphatic rings. The topological polar surface area (TPSA) is 51.0 Å². The average Bonchev–Trinajstić information content (AvgIpc) is 3.25. The molecule has 2 heterocycles. The molecule has 0 fully saturated rings. The van der Waals surface area contributed by atoms with Gasteiger partial charge in [-0.05, 0) is 85.5 Å². The number of halogens is 4. The first kappa shape index (κ1) is 29.0. The minimum atomic E-state index is -0.602. The van der Waals surface area contributed by atoms with Crippen LogP contribution in [0, 0.1) is 25.5 Å². The Labute approximate surface area is 251 Å². The van der Waals surface area contributed by atoms with Crippen molar-refractivity contribution in [1.29, 1.82) is 0 Å². The summed E-state index contributed by atoms with van der Waals surface area (Å²) in [5.74, 6) is -0.684. The second-order valence-corrected chi connectivity index (χ2v) is 12.0. The van der Waals surface area contributed by atoms with Gasteiger partial charge in [0.15, 0.2) is 11.0 Å². The third kappa shape index (κ3) is 6.56. The van der Waals surface area contributed by atoms with Crippen molar-refractivity contribution in [2.75, 3.05) is 4.90 Å².